The van der Waals surface area contributed by atoms with Gasteiger partial charge in [0.2, 0.25) is 0 Å². The quantitative estimate of drug-likeness (QED) is 0.675. The molecule has 0 amide bonds. The summed E-state index contributed by atoms with van der Waals surface area (Å²) in [6.07, 6.45) is 3.31. The van der Waals surface area contributed by atoms with E-state index < -0.39 is 0 Å². The molecule has 0 aliphatic carbocycles. The van der Waals surface area contributed by atoms with Gasteiger partial charge in [0.1, 0.15) is 5.01 Å². The van der Waals surface area contributed by atoms with Crippen molar-refractivity contribution >= 4 is 27.3 Å². The number of thiazole rings is 1. The standard InChI is InChI=1S/C13H9N3OS/c17-11(9-5-6-14-15-8-9)7-13-16-10-3-1-2-4-12(10)18-13/h1-6,8H,7H2. The van der Waals surface area contributed by atoms with E-state index in [4.69, 9.17) is 0 Å². The second-order valence-corrected chi connectivity index (χ2v) is 4.92. The van der Waals surface area contributed by atoms with Gasteiger partial charge in [0.05, 0.1) is 29.0 Å². The van der Waals surface area contributed by atoms with Crippen LogP contribution in [0.2, 0.25) is 0 Å². The highest BCUT2D eigenvalue weighted by molar-refractivity contribution is 7.18. The molecule has 0 atom stereocenters. The summed E-state index contributed by atoms with van der Waals surface area (Å²) in [4.78, 5) is 16.4. The second kappa shape index (κ2) is 4.62. The Morgan fingerprint density at radius 1 is 1.17 bits per heavy atom. The number of aromatic nitrogens is 3. The van der Waals surface area contributed by atoms with Gasteiger partial charge in [-0.25, -0.2) is 4.98 Å². The van der Waals surface area contributed by atoms with Gasteiger partial charge in [-0.3, -0.25) is 4.79 Å². The van der Waals surface area contributed by atoms with E-state index >= 15 is 0 Å². The average Bonchev–Trinajstić information content (AvgIpc) is 2.82. The van der Waals surface area contributed by atoms with E-state index in [2.05, 4.69) is 15.2 Å². The summed E-state index contributed by atoms with van der Waals surface area (Å²) in [5, 5.41) is 8.19. The third-order valence-electron chi connectivity index (χ3n) is 2.56. The molecule has 0 bridgehead atoms. The third kappa shape index (κ3) is 2.12. The van der Waals surface area contributed by atoms with Crippen molar-refractivity contribution in [1.29, 1.82) is 0 Å². The van der Waals surface area contributed by atoms with Crippen molar-refractivity contribution < 1.29 is 4.79 Å². The summed E-state index contributed by atoms with van der Waals surface area (Å²) in [5.41, 5.74) is 1.52. The van der Waals surface area contributed by atoms with Gasteiger partial charge < -0.3 is 0 Å². The SMILES string of the molecule is O=C(Cc1nc2ccccc2s1)c1ccnnc1. The van der Waals surface area contributed by atoms with Gasteiger partial charge in [0.15, 0.2) is 5.78 Å². The van der Waals surface area contributed by atoms with Crippen LogP contribution in [0, 0.1) is 0 Å². The summed E-state index contributed by atoms with van der Waals surface area (Å²) < 4.78 is 1.10. The predicted octanol–water partition coefficient (Wildman–Crippen LogP) is 2.51. The molecule has 0 N–H and O–H groups in total. The van der Waals surface area contributed by atoms with E-state index in [0.717, 1.165) is 15.2 Å². The fourth-order valence-electron chi connectivity index (χ4n) is 1.69. The molecule has 0 aliphatic heterocycles. The predicted molar refractivity (Wildman–Crippen MR) is 69.7 cm³/mol. The van der Waals surface area contributed by atoms with Crippen LogP contribution in [0.4, 0.5) is 0 Å². The van der Waals surface area contributed by atoms with Crippen LogP contribution in [0.15, 0.2) is 42.7 Å². The Hall–Kier alpha value is -2.14. The largest absolute Gasteiger partial charge is 0.294 e. The highest BCUT2D eigenvalue weighted by Gasteiger charge is 2.10. The van der Waals surface area contributed by atoms with Crippen LogP contribution in [0.3, 0.4) is 0 Å². The van der Waals surface area contributed by atoms with Crippen LogP contribution in [-0.4, -0.2) is 21.0 Å². The van der Waals surface area contributed by atoms with Gasteiger partial charge in [-0.15, -0.1) is 11.3 Å². The van der Waals surface area contributed by atoms with E-state index in [1.165, 1.54) is 12.4 Å². The molecule has 3 aromatic rings. The van der Waals surface area contributed by atoms with Crippen LogP contribution in [0.25, 0.3) is 10.2 Å². The maximum absolute atomic E-state index is 12.0. The molecule has 0 saturated carbocycles. The Bertz CT molecular complexity index is 661. The molecule has 2 heterocycles. The van der Waals surface area contributed by atoms with Crippen LogP contribution in [-0.2, 0) is 6.42 Å². The number of Topliss-reactive ketones (excluding diaryl/α,β-unsaturated/α-hetero) is 1. The fraction of sp³-hybridized carbons (Fsp3) is 0.0769. The molecule has 0 fully saturated rings. The van der Waals surface area contributed by atoms with Crippen molar-refractivity contribution in [2.24, 2.45) is 0 Å². The summed E-state index contributed by atoms with van der Waals surface area (Å²) >= 11 is 1.55. The number of ketones is 1. The van der Waals surface area contributed by atoms with Crippen LogP contribution >= 0.6 is 11.3 Å². The maximum atomic E-state index is 12.0. The van der Waals surface area contributed by atoms with Crippen LogP contribution in [0.1, 0.15) is 15.4 Å². The van der Waals surface area contributed by atoms with Crippen molar-refractivity contribution in [1.82, 2.24) is 15.2 Å². The molecule has 5 heteroatoms. The second-order valence-electron chi connectivity index (χ2n) is 3.81. The number of fused-ring (bicyclic) bond motifs is 1. The maximum Gasteiger partial charge on any atom is 0.171 e. The number of carbonyl (C=O) groups is 1. The Balaban J connectivity index is 1.86. The lowest BCUT2D eigenvalue weighted by atomic mass is 10.1. The average molecular weight is 255 g/mol. The Labute approximate surface area is 107 Å². The summed E-state index contributed by atoms with van der Waals surface area (Å²) in [7, 11) is 0. The van der Waals surface area contributed by atoms with Crippen molar-refractivity contribution in [3.63, 3.8) is 0 Å². The Morgan fingerprint density at radius 2 is 2.06 bits per heavy atom. The highest BCUT2D eigenvalue weighted by Crippen LogP contribution is 2.22. The van der Waals surface area contributed by atoms with Crippen LogP contribution < -0.4 is 0 Å². The van der Waals surface area contributed by atoms with Crippen LogP contribution in [0.5, 0.6) is 0 Å². The first kappa shape index (κ1) is 11.0. The minimum absolute atomic E-state index is 0.0176. The highest BCUT2D eigenvalue weighted by atomic mass is 32.1. The van der Waals surface area contributed by atoms with Crippen molar-refractivity contribution in [2.45, 2.75) is 6.42 Å². The van der Waals surface area contributed by atoms with Crippen molar-refractivity contribution in [2.75, 3.05) is 0 Å². The molecule has 0 radical (unpaired) electrons. The molecule has 3 rings (SSSR count). The zero-order chi connectivity index (χ0) is 12.4. The fourth-order valence-corrected chi connectivity index (χ4v) is 2.66. The third-order valence-corrected chi connectivity index (χ3v) is 3.59. The summed E-state index contributed by atoms with van der Waals surface area (Å²) in [5.74, 6) is 0.0176. The first-order valence-electron chi connectivity index (χ1n) is 5.47. The smallest absolute Gasteiger partial charge is 0.171 e. The zero-order valence-electron chi connectivity index (χ0n) is 9.41. The number of rotatable bonds is 3. The molecule has 0 unspecified atom stereocenters. The molecule has 0 saturated heterocycles. The number of carbonyl (C=O) groups excluding carboxylic acids is 1. The summed E-state index contributed by atoms with van der Waals surface area (Å²) in [6, 6.07) is 9.55. The minimum atomic E-state index is 0.0176. The molecule has 0 aliphatic rings. The number of benzene rings is 1. The first-order chi connectivity index (χ1) is 8.83. The lowest BCUT2D eigenvalue weighted by molar-refractivity contribution is 0.0992. The normalized spacial score (nSPS) is 10.7. The lowest BCUT2D eigenvalue weighted by Crippen LogP contribution is -2.03. The molecule has 4 nitrogen and oxygen atoms in total. The first-order valence-corrected chi connectivity index (χ1v) is 6.29. The van der Waals surface area contributed by atoms with E-state index in [1.54, 1.807) is 17.4 Å². The lowest BCUT2D eigenvalue weighted by Gasteiger charge is -1.95. The van der Waals surface area contributed by atoms with Crippen molar-refractivity contribution in [3.05, 3.63) is 53.3 Å². The zero-order valence-corrected chi connectivity index (χ0v) is 10.2. The molecular formula is C13H9N3OS. The minimum Gasteiger partial charge on any atom is -0.294 e. The van der Waals surface area contributed by atoms with E-state index in [9.17, 15) is 4.79 Å². The molecule has 18 heavy (non-hydrogen) atoms. The number of hydrogen-bond acceptors (Lipinski definition) is 5. The molecule has 1 aromatic carbocycles. The number of hydrogen-bond donors (Lipinski definition) is 0. The number of nitrogens with zero attached hydrogens (tertiary/aromatic N) is 3. The van der Waals surface area contributed by atoms with E-state index in [-0.39, 0.29) is 5.78 Å². The molecule has 2 aromatic heterocycles. The van der Waals surface area contributed by atoms with Crippen molar-refractivity contribution in [3.8, 4) is 0 Å². The van der Waals surface area contributed by atoms with Gasteiger partial charge in [-0.05, 0) is 18.2 Å². The van der Waals surface area contributed by atoms with Gasteiger partial charge >= 0.3 is 0 Å². The number of para-hydroxylation sites is 1. The molecule has 0 spiro atoms. The molecule has 88 valence electrons. The topological polar surface area (TPSA) is 55.7 Å². The van der Waals surface area contributed by atoms with E-state index in [0.29, 0.717) is 12.0 Å². The monoisotopic (exact) mass is 255 g/mol. The Kier molecular flexibility index (Phi) is 2.82. The molecular weight excluding hydrogens is 246 g/mol. The van der Waals surface area contributed by atoms with Gasteiger partial charge in [-0.1, -0.05) is 12.1 Å². The van der Waals surface area contributed by atoms with Gasteiger partial charge in [0.25, 0.3) is 0 Å². The van der Waals surface area contributed by atoms with E-state index in [1.807, 2.05) is 24.3 Å². The Morgan fingerprint density at radius 3 is 2.83 bits per heavy atom. The van der Waals surface area contributed by atoms with Gasteiger partial charge in [0, 0.05) is 5.56 Å². The summed E-state index contributed by atoms with van der Waals surface area (Å²) in [6.45, 7) is 0. The van der Waals surface area contributed by atoms with Gasteiger partial charge in [-0.2, -0.15) is 10.2 Å².